The summed E-state index contributed by atoms with van der Waals surface area (Å²) in [5, 5.41) is 0. The summed E-state index contributed by atoms with van der Waals surface area (Å²) in [6.45, 7) is 2.42. The van der Waals surface area contributed by atoms with Gasteiger partial charge in [0.25, 0.3) is 0 Å². The zero-order valence-electron chi connectivity index (χ0n) is 5.84. The van der Waals surface area contributed by atoms with Gasteiger partial charge in [0, 0.05) is 6.54 Å². The van der Waals surface area contributed by atoms with E-state index in [1.807, 2.05) is 0 Å². The van der Waals surface area contributed by atoms with E-state index in [2.05, 4.69) is 11.9 Å². The van der Waals surface area contributed by atoms with Crippen LogP contribution in [0, 0.1) is 0 Å². The normalized spacial score (nSPS) is 43.7. The van der Waals surface area contributed by atoms with Gasteiger partial charge in [0.05, 0.1) is 12.2 Å². The molecule has 0 N–H and O–H groups in total. The van der Waals surface area contributed by atoms with Crippen LogP contribution < -0.4 is 0 Å². The van der Waals surface area contributed by atoms with Crippen LogP contribution in [0.1, 0.15) is 12.8 Å². The molecule has 0 saturated carbocycles. The van der Waals surface area contributed by atoms with Crippen molar-refractivity contribution >= 4 is 0 Å². The molecule has 9 heavy (non-hydrogen) atoms. The van der Waals surface area contributed by atoms with Crippen LogP contribution in [0.25, 0.3) is 0 Å². The van der Waals surface area contributed by atoms with Crippen molar-refractivity contribution in [3.05, 3.63) is 0 Å². The zero-order chi connectivity index (χ0) is 6.27. The number of likely N-dealkylation sites (N-methyl/N-ethyl adjacent to an activating group) is 1. The number of rotatable bonds is 0. The third kappa shape index (κ3) is 1.10. The van der Waals surface area contributed by atoms with E-state index in [9.17, 15) is 0 Å². The predicted molar refractivity (Wildman–Crippen MR) is 35.4 cm³/mol. The molecule has 0 aromatic heterocycles. The maximum absolute atomic E-state index is 5.39. The second kappa shape index (κ2) is 1.96. The van der Waals surface area contributed by atoms with Crippen LogP contribution in [0.15, 0.2) is 0 Å². The molecule has 2 aliphatic heterocycles. The van der Waals surface area contributed by atoms with Crippen LogP contribution in [-0.4, -0.2) is 37.2 Å². The molecule has 0 aromatic carbocycles. The minimum atomic E-state index is 0.595. The molecular formula is C7H13NO. The van der Waals surface area contributed by atoms with E-state index >= 15 is 0 Å². The fourth-order valence-corrected chi connectivity index (χ4v) is 1.55. The Hall–Kier alpha value is -0.0800. The number of hydrogen-bond donors (Lipinski definition) is 0. The third-order valence-corrected chi connectivity index (χ3v) is 2.21. The van der Waals surface area contributed by atoms with Crippen LogP contribution in [-0.2, 0) is 4.74 Å². The summed E-state index contributed by atoms with van der Waals surface area (Å²) in [6, 6.07) is 0. The first-order chi connectivity index (χ1) is 4.36. The number of likely N-dealkylation sites (tertiary alicyclic amines) is 1. The third-order valence-electron chi connectivity index (χ3n) is 2.21. The average Bonchev–Trinajstić information content (AvgIpc) is 2.43. The molecule has 2 heteroatoms. The summed E-state index contributed by atoms with van der Waals surface area (Å²) in [5.74, 6) is 0. The molecule has 0 aliphatic carbocycles. The molecule has 2 rings (SSSR count). The van der Waals surface area contributed by atoms with Crippen molar-refractivity contribution in [1.29, 1.82) is 0 Å². The largest absolute Gasteiger partial charge is 0.368 e. The summed E-state index contributed by atoms with van der Waals surface area (Å²) in [5.41, 5.74) is 0. The van der Waals surface area contributed by atoms with Crippen LogP contribution in [0.4, 0.5) is 0 Å². The van der Waals surface area contributed by atoms with Crippen molar-refractivity contribution < 1.29 is 4.74 Å². The molecule has 2 fully saturated rings. The Balaban J connectivity index is 1.92. The lowest BCUT2D eigenvalue weighted by Crippen LogP contribution is -2.22. The SMILES string of the molecule is CN1CCCC2OC2C1. The Morgan fingerprint density at radius 3 is 3.22 bits per heavy atom. The van der Waals surface area contributed by atoms with Gasteiger partial charge < -0.3 is 9.64 Å². The highest BCUT2D eigenvalue weighted by Gasteiger charge is 2.40. The monoisotopic (exact) mass is 127 g/mol. The lowest BCUT2D eigenvalue weighted by atomic mass is 10.2. The van der Waals surface area contributed by atoms with Gasteiger partial charge in [-0.1, -0.05) is 0 Å². The van der Waals surface area contributed by atoms with Gasteiger partial charge in [0.15, 0.2) is 0 Å². The summed E-state index contributed by atoms with van der Waals surface area (Å²) in [4.78, 5) is 2.36. The Morgan fingerprint density at radius 1 is 1.44 bits per heavy atom. The lowest BCUT2D eigenvalue weighted by molar-refractivity contribution is 0.258. The first-order valence-corrected chi connectivity index (χ1v) is 3.70. The molecule has 2 saturated heterocycles. The van der Waals surface area contributed by atoms with Crippen molar-refractivity contribution in [2.45, 2.75) is 25.0 Å². The highest BCUT2D eigenvalue weighted by atomic mass is 16.6. The molecule has 0 amide bonds. The lowest BCUT2D eigenvalue weighted by Gasteiger charge is -2.11. The van der Waals surface area contributed by atoms with Crippen molar-refractivity contribution in [2.75, 3.05) is 20.1 Å². The number of nitrogens with zero attached hydrogens (tertiary/aromatic N) is 1. The van der Waals surface area contributed by atoms with E-state index in [0.717, 1.165) is 6.54 Å². The van der Waals surface area contributed by atoms with Crippen molar-refractivity contribution in [3.8, 4) is 0 Å². The van der Waals surface area contributed by atoms with Crippen LogP contribution >= 0.6 is 0 Å². The molecule has 52 valence electrons. The van der Waals surface area contributed by atoms with Gasteiger partial charge in [0.2, 0.25) is 0 Å². The fraction of sp³-hybridized carbons (Fsp3) is 1.00. The first-order valence-electron chi connectivity index (χ1n) is 3.70. The molecule has 0 aromatic rings. The number of epoxide rings is 1. The summed E-state index contributed by atoms with van der Waals surface area (Å²) < 4.78 is 5.39. The Kier molecular flexibility index (Phi) is 1.24. The average molecular weight is 127 g/mol. The molecule has 2 heterocycles. The van der Waals surface area contributed by atoms with Gasteiger partial charge in [-0.3, -0.25) is 0 Å². The van der Waals surface area contributed by atoms with Gasteiger partial charge >= 0.3 is 0 Å². The highest BCUT2D eigenvalue weighted by Crippen LogP contribution is 2.29. The molecule has 0 radical (unpaired) electrons. The minimum Gasteiger partial charge on any atom is -0.368 e. The van der Waals surface area contributed by atoms with Gasteiger partial charge in [-0.2, -0.15) is 0 Å². The van der Waals surface area contributed by atoms with E-state index in [-0.39, 0.29) is 0 Å². The Bertz CT molecular complexity index is 115. The molecule has 2 aliphatic rings. The minimum absolute atomic E-state index is 0.595. The second-order valence-electron chi connectivity index (χ2n) is 3.12. The van der Waals surface area contributed by atoms with Gasteiger partial charge in [0.1, 0.15) is 0 Å². The van der Waals surface area contributed by atoms with Crippen LogP contribution in [0.3, 0.4) is 0 Å². The number of hydrogen-bond acceptors (Lipinski definition) is 2. The topological polar surface area (TPSA) is 15.8 Å². The molecule has 2 nitrogen and oxygen atoms in total. The standard InChI is InChI=1S/C7H13NO/c1-8-4-2-3-6-7(5-8)9-6/h6-7H,2-5H2,1H3. The summed E-state index contributed by atoms with van der Waals surface area (Å²) >= 11 is 0. The quantitative estimate of drug-likeness (QED) is 0.440. The molecule has 0 bridgehead atoms. The first kappa shape index (κ1) is 5.69. The summed E-state index contributed by atoms with van der Waals surface area (Å²) in [7, 11) is 2.17. The van der Waals surface area contributed by atoms with Crippen molar-refractivity contribution in [1.82, 2.24) is 4.90 Å². The smallest absolute Gasteiger partial charge is 0.0968 e. The number of ether oxygens (including phenoxy) is 1. The Labute approximate surface area is 55.8 Å². The maximum Gasteiger partial charge on any atom is 0.0968 e. The van der Waals surface area contributed by atoms with E-state index in [1.54, 1.807) is 0 Å². The summed E-state index contributed by atoms with van der Waals surface area (Å²) in [6.07, 6.45) is 3.83. The van der Waals surface area contributed by atoms with E-state index < -0.39 is 0 Å². The van der Waals surface area contributed by atoms with Crippen molar-refractivity contribution in [2.24, 2.45) is 0 Å². The van der Waals surface area contributed by atoms with Gasteiger partial charge in [-0.05, 0) is 26.4 Å². The van der Waals surface area contributed by atoms with E-state index in [0.29, 0.717) is 12.2 Å². The maximum atomic E-state index is 5.39. The zero-order valence-corrected chi connectivity index (χ0v) is 5.84. The van der Waals surface area contributed by atoms with Gasteiger partial charge in [-0.25, -0.2) is 0 Å². The van der Waals surface area contributed by atoms with E-state index in [4.69, 9.17) is 4.74 Å². The fourth-order valence-electron chi connectivity index (χ4n) is 1.55. The second-order valence-corrected chi connectivity index (χ2v) is 3.12. The predicted octanol–water partition coefficient (Wildman–Crippen LogP) is 0.479. The molecule has 0 spiro atoms. The van der Waals surface area contributed by atoms with Crippen molar-refractivity contribution in [3.63, 3.8) is 0 Å². The van der Waals surface area contributed by atoms with Crippen LogP contribution in [0.2, 0.25) is 0 Å². The molecular weight excluding hydrogens is 114 g/mol. The van der Waals surface area contributed by atoms with Gasteiger partial charge in [-0.15, -0.1) is 0 Å². The highest BCUT2D eigenvalue weighted by molar-refractivity contribution is 4.89. The molecule has 2 atom stereocenters. The van der Waals surface area contributed by atoms with E-state index in [1.165, 1.54) is 19.4 Å². The number of fused-ring (bicyclic) bond motifs is 1. The Morgan fingerprint density at radius 2 is 2.33 bits per heavy atom. The molecule has 2 unspecified atom stereocenters. The van der Waals surface area contributed by atoms with Crippen LogP contribution in [0.5, 0.6) is 0 Å².